The Kier molecular flexibility index (Phi) is 6.94. The molecule has 0 aromatic carbocycles. The zero-order valence-corrected chi connectivity index (χ0v) is 20.8. The number of nitrogens with zero attached hydrogens (tertiary/aromatic N) is 5. The van der Waals surface area contributed by atoms with Gasteiger partial charge in [0.2, 0.25) is 11.8 Å². The molecule has 0 spiro atoms. The minimum atomic E-state index is -3.09. The van der Waals surface area contributed by atoms with Crippen LogP contribution in [0.3, 0.4) is 0 Å². The van der Waals surface area contributed by atoms with E-state index in [1.54, 1.807) is 30.3 Å². The van der Waals surface area contributed by atoms with Gasteiger partial charge in [-0.25, -0.2) is 28.1 Å². The van der Waals surface area contributed by atoms with Crippen LogP contribution in [0.15, 0.2) is 29.1 Å². The fraction of sp³-hybridized carbons (Fsp3) is 0.476. The van der Waals surface area contributed by atoms with Gasteiger partial charge < -0.3 is 10.1 Å². The zero-order chi connectivity index (χ0) is 23.6. The van der Waals surface area contributed by atoms with Crippen LogP contribution < -0.4 is 10.1 Å². The van der Waals surface area contributed by atoms with Crippen LogP contribution in [0.5, 0.6) is 5.88 Å². The molecule has 1 aliphatic rings. The number of carbonyl (C=O) groups is 1. The third kappa shape index (κ3) is 5.67. The van der Waals surface area contributed by atoms with Crippen molar-refractivity contribution in [2.45, 2.75) is 25.7 Å². The second-order valence-corrected chi connectivity index (χ2v) is 11.3. The molecule has 2 atom stereocenters. The first-order valence-electron chi connectivity index (χ1n) is 10.6. The van der Waals surface area contributed by atoms with Crippen LogP contribution in [0.1, 0.15) is 25.1 Å². The number of aromatic nitrogens is 5. The molecule has 1 aliphatic carbocycles. The van der Waals surface area contributed by atoms with E-state index in [-0.39, 0.29) is 30.0 Å². The Bertz CT molecular complexity index is 1280. The minimum Gasteiger partial charge on any atom is -0.481 e. The molecule has 3 aromatic rings. The molecule has 176 valence electrons. The quantitative estimate of drug-likeness (QED) is 0.463. The van der Waals surface area contributed by atoms with Crippen LogP contribution in [0.4, 0.5) is 0 Å². The Morgan fingerprint density at radius 3 is 2.91 bits per heavy atom. The lowest BCUT2D eigenvalue weighted by molar-refractivity contribution is -0.124. The van der Waals surface area contributed by atoms with E-state index in [0.29, 0.717) is 28.4 Å². The van der Waals surface area contributed by atoms with Gasteiger partial charge in [-0.15, -0.1) is 0 Å². The van der Waals surface area contributed by atoms with Crippen LogP contribution in [0.25, 0.3) is 16.7 Å². The molecule has 3 heterocycles. The fourth-order valence-corrected chi connectivity index (χ4v) is 5.00. The monoisotopic (exact) mass is 536 g/mol. The smallest absolute Gasteiger partial charge is 0.223 e. The van der Waals surface area contributed by atoms with Crippen molar-refractivity contribution in [3.05, 3.63) is 35.0 Å². The highest BCUT2D eigenvalue weighted by atomic mass is 79.9. The second-order valence-electron chi connectivity index (χ2n) is 8.28. The molecule has 3 aromatic heterocycles. The molecule has 4 rings (SSSR count). The van der Waals surface area contributed by atoms with Gasteiger partial charge in [-0.05, 0) is 47.2 Å². The number of halogens is 1. The van der Waals surface area contributed by atoms with Gasteiger partial charge in [0.05, 0.1) is 23.9 Å². The summed E-state index contributed by atoms with van der Waals surface area (Å²) in [6.45, 7) is 0.150. The molecule has 0 unspecified atom stereocenters. The van der Waals surface area contributed by atoms with Gasteiger partial charge in [-0.2, -0.15) is 5.10 Å². The van der Waals surface area contributed by atoms with Crippen molar-refractivity contribution >= 4 is 42.7 Å². The van der Waals surface area contributed by atoms with Crippen molar-refractivity contribution < 1.29 is 17.9 Å². The maximum absolute atomic E-state index is 12.4. The van der Waals surface area contributed by atoms with Gasteiger partial charge in [0.15, 0.2) is 5.65 Å². The summed E-state index contributed by atoms with van der Waals surface area (Å²) in [4.78, 5) is 25.8. The van der Waals surface area contributed by atoms with Crippen molar-refractivity contribution in [2.24, 2.45) is 11.8 Å². The maximum atomic E-state index is 12.4. The predicted molar refractivity (Wildman–Crippen MR) is 126 cm³/mol. The largest absolute Gasteiger partial charge is 0.481 e. The summed E-state index contributed by atoms with van der Waals surface area (Å²) < 4.78 is 30.1. The Morgan fingerprint density at radius 2 is 2.15 bits per heavy atom. The first kappa shape index (κ1) is 23.6. The minimum absolute atomic E-state index is 0.0463. The van der Waals surface area contributed by atoms with E-state index >= 15 is 0 Å². The molecule has 10 nitrogen and oxygen atoms in total. The average molecular weight is 537 g/mol. The van der Waals surface area contributed by atoms with E-state index in [0.717, 1.165) is 36.6 Å². The number of carbonyl (C=O) groups excluding carboxylic acids is 1. The topological polar surface area (TPSA) is 129 Å². The van der Waals surface area contributed by atoms with Crippen molar-refractivity contribution in [3.63, 3.8) is 0 Å². The Morgan fingerprint density at radius 1 is 1.33 bits per heavy atom. The van der Waals surface area contributed by atoms with Crippen LogP contribution in [-0.2, 0) is 21.1 Å². The summed E-state index contributed by atoms with van der Waals surface area (Å²) in [7, 11) is -1.53. The van der Waals surface area contributed by atoms with E-state index in [9.17, 15) is 13.2 Å². The summed E-state index contributed by atoms with van der Waals surface area (Å²) in [5, 5.41) is 8.08. The number of pyridine rings is 1. The van der Waals surface area contributed by atoms with Crippen LogP contribution in [0.2, 0.25) is 0 Å². The predicted octanol–water partition coefficient (Wildman–Crippen LogP) is 2.10. The van der Waals surface area contributed by atoms with Gasteiger partial charge >= 0.3 is 0 Å². The first-order chi connectivity index (χ1) is 15.7. The lowest BCUT2D eigenvalue weighted by atomic mass is 10.0. The van der Waals surface area contributed by atoms with E-state index in [1.807, 2.05) is 6.07 Å². The van der Waals surface area contributed by atoms with Crippen molar-refractivity contribution in [1.82, 2.24) is 30.0 Å². The van der Waals surface area contributed by atoms with E-state index < -0.39 is 9.84 Å². The van der Waals surface area contributed by atoms with E-state index in [1.165, 1.54) is 0 Å². The number of nitrogens with one attached hydrogen (secondary N) is 1. The Labute approximate surface area is 200 Å². The summed E-state index contributed by atoms with van der Waals surface area (Å²) in [6, 6.07) is 3.61. The average Bonchev–Trinajstić information content (AvgIpc) is 3.37. The first-order valence-corrected chi connectivity index (χ1v) is 13.4. The molecular weight excluding hydrogens is 512 g/mol. The summed E-state index contributed by atoms with van der Waals surface area (Å²) in [6.07, 6.45) is 7.64. The van der Waals surface area contributed by atoms with Crippen molar-refractivity contribution in [1.29, 1.82) is 0 Å². The number of sulfone groups is 1. The standard InChI is InChI=1S/C21H25BrN6O4S/c1-32-18-11-15(5-6-23-18)28-20-16(19(22)27-28)12-25-17(26-20)10-13-3-4-14(9-13)21(29)24-7-8-33(2,30)31/h5-6,11-14H,3-4,7-10H2,1-2H3,(H,24,29)/t13-,14-/m1/s1. The number of ether oxygens (including phenoxy) is 1. The summed E-state index contributed by atoms with van der Waals surface area (Å²) in [5.74, 6) is 1.23. The number of hydrogen-bond acceptors (Lipinski definition) is 8. The Hall–Kier alpha value is -2.60. The van der Waals surface area contributed by atoms with E-state index in [2.05, 4.69) is 36.3 Å². The molecule has 1 saturated carbocycles. The van der Waals surface area contributed by atoms with Crippen LogP contribution >= 0.6 is 15.9 Å². The van der Waals surface area contributed by atoms with Gasteiger partial charge in [-0.1, -0.05) is 0 Å². The highest BCUT2D eigenvalue weighted by Gasteiger charge is 2.30. The number of rotatable bonds is 8. The molecular formula is C21H25BrN6O4S. The van der Waals surface area contributed by atoms with Crippen molar-refractivity contribution in [2.75, 3.05) is 25.7 Å². The van der Waals surface area contributed by atoms with Gasteiger partial charge in [0.25, 0.3) is 0 Å². The normalized spacial score (nSPS) is 18.5. The maximum Gasteiger partial charge on any atom is 0.223 e. The molecule has 33 heavy (non-hydrogen) atoms. The number of amides is 1. The molecule has 1 fully saturated rings. The number of methoxy groups -OCH3 is 1. The summed E-state index contributed by atoms with van der Waals surface area (Å²) in [5.41, 5.74) is 1.45. The van der Waals surface area contributed by atoms with E-state index in [4.69, 9.17) is 9.72 Å². The molecule has 1 N–H and O–H groups in total. The highest BCUT2D eigenvalue weighted by Crippen LogP contribution is 2.33. The second kappa shape index (κ2) is 9.72. The molecule has 0 saturated heterocycles. The molecule has 1 amide bonds. The lowest BCUT2D eigenvalue weighted by Gasteiger charge is -2.12. The molecule has 0 bridgehead atoms. The number of fused-ring (bicyclic) bond motifs is 1. The van der Waals surface area contributed by atoms with Crippen LogP contribution in [-0.4, -0.2) is 64.7 Å². The highest BCUT2D eigenvalue weighted by molar-refractivity contribution is 9.10. The Balaban J connectivity index is 1.46. The molecule has 0 aliphatic heterocycles. The summed E-state index contributed by atoms with van der Waals surface area (Å²) >= 11 is 3.48. The zero-order valence-electron chi connectivity index (χ0n) is 18.4. The lowest BCUT2D eigenvalue weighted by Crippen LogP contribution is -2.33. The number of hydrogen-bond donors (Lipinski definition) is 1. The van der Waals surface area contributed by atoms with Crippen LogP contribution in [0, 0.1) is 11.8 Å². The van der Waals surface area contributed by atoms with Gasteiger partial charge in [0.1, 0.15) is 20.3 Å². The fourth-order valence-electron chi connectivity index (χ4n) is 4.09. The van der Waals surface area contributed by atoms with Gasteiger partial charge in [0, 0.05) is 43.6 Å². The molecule has 12 heteroatoms. The van der Waals surface area contributed by atoms with Gasteiger partial charge in [-0.3, -0.25) is 4.79 Å². The third-order valence-electron chi connectivity index (χ3n) is 5.76. The molecule has 0 radical (unpaired) electrons. The van der Waals surface area contributed by atoms with Crippen molar-refractivity contribution in [3.8, 4) is 11.6 Å². The SMILES string of the molecule is COc1cc(-n2nc(Br)c3cnc(C[C@@H]4CC[C@@H](C(=O)NCCS(C)(=O)=O)C4)nc32)ccn1. The third-order valence-corrected chi connectivity index (χ3v) is 7.29.